The van der Waals surface area contributed by atoms with Crippen LogP contribution in [0.25, 0.3) is 0 Å². The Hall–Kier alpha value is -1.63. The van der Waals surface area contributed by atoms with Crippen molar-refractivity contribution in [2.24, 2.45) is 28.6 Å². The van der Waals surface area contributed by atoms with E-state index in [0.29, 0.717) is 26.2 Å². The molecule has 7 heteroatoms. The zero-order valence-corrected chi connectivity index (χ0v) is 16.2. The lowest BCUT2D eigenvalue weighted by Gasteiger charge is -2.37. The molecular weight excluding hydrogens is 336 g/mol. The monoisotopic (exact) mass is 366 g/mol. The summed E-state index contributed by atoms with van der Waals surface area (Å²) in [4.78, 5) is 38.9. The van der Waals surface area contributed by atoms with Crippen LogP contribution in [0.4, 0.5) is 0 Å². The van der Waals surface area contributed by atoms with E-state index in [9.17, 15) is 19.5 Å². The number of carboxylic acids is 1. The number of piperidine rings is 1. The topological polar surface area (TPSA) is 95.9 Å². The molecule has 0 spiro atoms. The lowest BCUT2D eigenvalue weighted by Crippen LogP contribution is -2.58. The van der Waals surface area contributed by atoms with Gasteiger partial charge >= 0.3 is 5.97 Å². The fourth-order valence-corrected chi connectivity index (χ4v) is 4.49. The van der Waals surface area contributed by atoms with Gasteiger partial charge in [0.1, 0.15) is 12.1 Å². The molecule has 2 saturated heterocycles. The van der Waals surface area contributed by atoms with E-state index < -0.39 is 23.5 Å². The minimum absolute atomic E-state index is 0.00704. The summed E-state index contributed by atoms with van der Waals surface area (Å²) in [6.07, 6.45) is 0.334. The highest BCUT2D eigenvalue weighted by molar-refractivity contribution is 5.92. The van der Waals surface area contributed by atoms with Gasteiger partial charge in [-0.3, -0.25) is 9.59 Å². The molecule has 2 heterocycles. The second-order valence-electron chi connectivity index (χ2n) is 9.70. The molecule has 0 aromatic carbocycles. The quantitative estimate of drug-likeness (QED) is 0.760. The molecule has 2 aliphatic heterocycles. The molecule has 3 fully saturated rings. The fourth-order valence-electron chi connectivity index (χ4n) is 4.49. The van der Waals surface area contributed by atoms with Crippen LogP contribution in [0.2, 0.25) is 0 Å². The van der Waals surface area contributed by atoms with Gasteiger partial charge in [0, 0.05) is 24.8 Å². The van der Waals surface area contributed by atoms with E-state index >= 15 is 0 Å². The van der Waals surface area contributed by atoms with Gasteiger partial charge < -0.3 is 20.1 Å². The van der Waals surface area contributed by atoms with Gasteiger partial charge in [-0.1, -0.05) is 34.6 Å². The maximum Gasteiger partial charge on any atom is 0.326 e. The average Bonchev–Trinajstić information content (AvgIpc) is 2.84. The van der Waals surface area contributed by atoms with Crippen LogP contribution in [0.1, 0.15) is 41.0 Å². The molecule has 4 atom stereocenters. The van der Waals surface area contributed by atoms with Gasteiger partial charge in [-0.2, -0.15) is 0 Å². The molecule has 146 valence electrons. The maximum absolute atomic E-state index is 13.2. The van der Waals surface area contributed by atoms with Crippen molar-refractivity contribution in [2.75, 3.05) is 19.8 Å². The van der Waals surface area contributed by atoms with Crippen LogP contribution in [0.3, 0.4) is 0 Å². The first-order valence-corrected chi connectivity index (χ1v) is 9.35. The van der Waals surface area contributed by atoms with Crippen LogP contribution in [-0.2, 0) is 19.1 Å². The number of fused-ring (bicyclic) bond motifs is 1. The molecule has 0 aromatic heterocycles. The summed E-state index contributed by atoms with van der Waals surface area (Å²) in [6, 6.07) is -1.54. The van der Waals surface area contributed by atoms with Gasteiger partial charge in [0.05, 0.1) is 13.2 Å². The fraction of sp³-hybridized carbons (Fsp3) is 0.842. The number of hydrogen-bond donors (Lipinski definition) is 2. The molecule has 1 aliphatic carbocycles. The summed E-state index contributed by atoms with van der Waals surface area (Å²) in [5.74, 6) is -1.00. The molecule has 7 nitrogen and oxygen atoms in total. The third kappa shape index (κ3) is 3.21. The van der Waals surface area contributed by atoms with Crippen molar-refractivity contribution in [3.05, 3.63) is 0 Å². The lowest BCUT2D eigenvalue weighted by atomic mass is 9.85. The van der Waals surface area contributed by atoms with Crippen LogP contribution in [0.5, 0.6) is 0 Å². The largest absolute Gasteiger partial charge is 0.480 e. The van der Waals surface area contributed by atoms with Crippen LogP contribution < -0.4 is 5.32 Å². The van der Waals surface area contributed by atoms with E-state index in [1.165, 1.54) is 4.90 Å². The first kappa shape index (κ1) is 19.1. The molecule has 2 amide bonds. The number of carbonyl (C=O) groups is 3. The third-order valence-electron chi connectivity index (χ3n) is 6.34. The minimum Gasteiger partial charge on any atom is -0.480 e. The van der Waals surface area contributed by atoms with Gasteiger partial charge in [0.15, 0.2) is 0 Å². The Morgan fingerprint density at radius 1 is 1.27 bits per heavy atom. The molecular formula is C19H30N2O5. The Morgan fingerprint density at radius 3 is 2.35 bits per heavy atom. The second kappa shape index (κ2) is 6.22. The molecule has 26 heavy (non-hydrogen) atoms. The van der Waals surface area contributed by atoms with Gasteiger partial charge in [-0.05, 0) is 16.7 Å². The Morgan fingerprint density at radius 2 is 1.88 bits per heavy atom. The molecule has 2 N–H and O–H groups in total. The van der Waals surface area contributed by atoms with E-state index in [0.717, 1.165) is 0 Å². The number of nitrogens with one attached hydrogen (secondary N) is 1. The summed E-state index contributed by atoms with van der Waals surface area (Å²) in [7, 11) is 0. The molecule has 3 rings (SSSR count). The van der Waals surface area contributed by atoms with Gasteiger partial charge in [-0.25, -0.2) is 4.79 Å². The predicted molar refractivity (Wildman–Crippen MR) is 94.2 cm³/mol. The number of nitrogens with zero attached hydrogens (tertiary/aromatic N) is 1. The van der Waals surface area contributed by atoms with Crippen molar-refractivity contribution in [3.8, 4) is 0 Å². The van der Waals surface area contributed by atoms with E-state index in [2.05, 4.69) is 19.2 Å². The van der Waals surface area contributed by atoms with Crippen molar-refractivity contribution < 1.29 is 24.2 Å². The molecule has 3 aliphatic rings. The SMILES string of the molecule is CC(C)(C)C(NC(=O)CC1COC1)C(=O)N1C[C@H]2[C@@H]([C@H]1C(=O)O)C2(C)C. The van der Waals surface area contributed by atoms with Crippen LogP contribution in [0, 0.1) is 28.6 Å². The Kier molecular flexibility index (Phi) is 4.58. The lowest BCUT2D eigenvalue weighted by molar-refractivity contribution is -0.153. The minimum atomic E-state index is -0.956. The van der Waals surface area contributed by atoms with Crippen molar-refractivity contribution in [1.29, 1.82) is 0 Å². The van der Waals surface area contributed by atoms with Crippen LogP contribution in [-0.4, -0.2) is 59.6 Å². The number of hydrogen-bond acceptors (Lipinski definition) is 4. The third-order valence-corrected chi connectivity index (χ3v) is 6.34. The van der Waals surface area contributed by atoms with E-state index in [1.54, 1.807) is 0 Å². The Bertz CT molecular complexity index is 620. The summed E-state index contributed by atoms with van der Waals surface area (Å²) in [6.45, 7) is 11.4. The van der Waals surface area contributed by atoms with Gasteiger partial charge in [-0.15, -0.1) is 0 Å². The van der Waals surface area contributed by atoms with E-state index in [4.69, 9.17) is 4.74 Å². The summed E-state index contributed by atoms with van der Waals surface area (Å²) in [5.41, 5.74) is -0.543. The highest BCUT2D eigenvalue weighted by Crippen LogP contribution is 2.65. The normalized spacial score (nSPS) is 31.0. The molecule has 1 unspecified atom stereocenters. The zero-order chi connectivity index (χ0) is 19.4. The van der Waals surface area contributed by atoms with E-state index in [-0.39, 0.29) is 35.0 Å². The van der Waals surface area contributed by atoms with E-state index in [1.807, 2.05) is 20.8 Å². The molecule has 0 bridgehead atoms. The Balaban J connectivity index is 1.73. The average molecular weight is 366 g/mol. The maximum atomic E-state index is 13.2. The Labute approximate surface area is 154 Å². The molecule has 0 radical (unpaired) electrons. The molecule has 1 saturated carbocycles. The van der Waals surface area contributed by atoms with Crippen LogP contribution >= 0.6 is 0 Å². The summed E-state index contributed by atoms with van der Waals surface area (Å²) in [5, 5.41) is 12.6. The number of ether oxygens (including phenoxy) is 1. The second-order valence-corrected chi connectivity index (χ2v) is 9.70. The smallest absolute Gasteiger partial charge is 0.326 e. The highest BCUT2D eigenvalue weighted by Gasteiger charge is 2.70. The standard InChI is InChI=1S/C19H30N2O5/c1-18(2,3)15(20-12(22)6-10-8-26-9-10)16(23)21-7-11-13(19(11,4)5)14(21)17(24)25/h10-11,13-15H,6-9H2,1-5H3,(H,20,22)(H,24,25)/t11-,13-,14-,15?/m0/s1. The van der Waals surface area contributed by atoms with Crippen molar-refractivity contribution in [1.82, 2.24) is 10.2 Å². The number of amides is 2. The van der Waals surface area contributed by atoms with Crippen molar-refractivity contribution in [2.45, 2.75) is 53.1 Å². The highest BCUT2D eigenvalue weighted by atomic mass is 16.5. The number of aliphatic carboxylic acids is 1. The zero-order valence-electron chi connectivity index (χ0n) is 16.2. The first-order valence-electron chi connectivity index (χ1n) is 9.35. The summed E-state index contributed by atoms with van der Waals surface area (Å²) < 4.78 is 5.09. The number of carbonyl (C=O) groups excluding carboxylic acids is 2. The van der Waals surface area contributed by atoms with Crippen molar-refractivity contribution in [3.63, 3.8) is 0 Å². The number of rotatable bonds is 5. The molecule has 0 aromatic rings. The first-order chi connectivity index (χ1) is 11.9. The number of carboxylic acid groups (broad SMARTS) is 1. The van der Waals surface area contributed by atoms with Gasteiger partial charge in [0.2, 0.25) is 11.8 Å². The van der Waals surface area contributed by atoms with Crippen LogP contribution in [0.15, 0.2) is 0 Å². The van der Waals surface area contributed by atoms with Gasteiger partial charge in [0.25, 0.3) is 0 Å². The predicted octanol–water partition coefficient (Wildman–Crippen LogP) is 1.12. The summed E-state index contributed by atoms with van der Waals surface area (Å²) >= 11 is 0. The number of likely N-dealkylation sites (tertiary alicyclic amines) is 1. The van der Waals surface area contributed by atoms with Crippen molar-refractivity contribution >= 4 is 17.8 Å².